The summed E-state index contributed by atoms with van der Waals surface area (Å²) >= 11 is 0. The average Bonchev–Trinajstić information content (AvgIpc) is 2.41. The van der Waals surface area contributed by atoms with Crippen LogP contribution in [0.1, 0.15) is 11.1 Å². The molecule has 1 aromatic carbocycles. The molecule has 4 nitrogen and oxygen atoms in total. The van der Waals surface area contributed by atoms with E-state index in [9.17, 15) is 13.2 Å². The van der Waals surface area contributed by atoms with Crippen molar-refractivity contribution in [2.75, 3.05) is 5.75 Å². The maximum Gasteiger partial charge on any atom is 0.307 e. The lowest BCUT2D eigenvalue weighted by Gasteiger charge is -2.01. The number of benzene rings is 1. The zero-order chi connectivity index (χ0) is 11.1. The molecule has 0 saturated heterocycles. The van der Waals surface area contributed by atoms with E-state index in [-0.39, 0.29) is 12.2 Å². The first-order valence-electron chi connectivity index (χ1n) is 4.55. The molecule has 5 heteroatoms. The fourth-order valence-corrected chi connectivity index (χ4v) is 3.31. The molecule has 80 valence electrons. The Morgan fingerprint density at radius 3 is 2.80 bits per heavy atom. The number of hydrogen-bond donors (Lipinski definition) is 1. The number of carboxylic acid groups (broad SMARTS) is 1. The smallest absolute Gasteiger partial charge is 0.307 e. The number of aryl methyl sites for hydroxylation is 1. The molecule has 0 aromatic heterocycles. The van der Waals surface area contributed by atoms with Crippen LogP contribution in [0.25, 0.3) is 0 Å². The van der Waals surface area contributed by atoms with Crippen LogP contribution in [-0.2, 0) is 27.5 Å². The molecule has 1 N–H and O–H groups in total. The largest absolute Gasteiger partial charge is 0.481 e. The standard InChI is InChI=1S/C10H10O4S/c11-10(12)6-7-1-2-9-8(5-7)3-4-15(9,13)14/h1-2,5H,3-4,6H2,(H,11,12). The molecule has 0 aliphatic carbocycles. The molecule has 0 spiro atoms. The summed E-state index contributed by atoms with van der Waals surface area (Å²) in [5.74, 6) is -0.769. The van der Waals surface area contributed by atoms with Crippen molar-refractivity contribution in [3.8, 4) is 0 Å². The molecule has 1 heterocycles. The third kappa shape index (κ3) is 1.87. The molecule has 0 unspecified atom stereocenters. The van der Waals surface area contributed by atoms with Gasteiger partial charge in [0.15, 0.2) is 9.84 Å². The van der Waals surface area contributed by atoms with Gasteiger partial charge in [-0.25, -0.2) is 8.42 Å². The Balaban J connectivity index is 2.42. The molecular formula is C10H10O4S. The third-order valence-electron chi connectivity index (χ3n) is 2.46. The topological polar surface area (TPSA) is 71.4 Å². The van der Waals surface area contributed by atoms with Crippen LogP contribution in [-0.4, -0.2) is 25.2 Å². The Morgan fingerprint density at radius 2 is 2.13 bits per heavy atom. The molecule has 0 atom stereocenters. The van der Waals surface area contributed by atoms with E-state index in [0.717, 1.165) is 5.56 Å². The van der Waals surface area contributed by atoms with Crippen molar-refractivity contribution >= 4 is 15.8 Å². The Labute approximate surface area is 87.5 Å². The second-order valence-corrected chi connectivity index (χ2v) is 5.66. The maximum atomic E-state index is 11.5. The van der Waals surface area contributed by atoms with Crippen LogP contribution in [0, 0.1) is 0 Å². The lowest BCUT2D eigenvalue weighted by Crippen LogP contribution is -2.01. The van der Waals surface area contributed by atoms with Gasteiger partial charge >= 0.3 is 5.97 Å². The van der Waals surface area contributed by atoms with Crippen LogP contribution in [0.3, 0.4) is 0 Å². The average molecular weight is 226 g/mol. The molecule has 1 aromatic rings. The van der Waals surface area contributed by atoms with Crippen LogP contribution < -0.4 is 0 Å². The van der Waals surface area contributed by atoms with Gasteiger partial charge in [0.1, 0.15) is 0 Å². The number of sulfone groups is 1. The Hall–Kier alpha value is -1.36. The lowest BCUT2D eigenvalue weighted by molar-refractivity contribution is -0.136. The number of fused-ring (bicyclic) bond motifs is 1. The highest BCUT2D eigenvalue weighted by Crippen LogP contribution is 2.26. The van der Waals surface area contributed by atoms with Gasteiger partial charge in [-0.05, 0) is 23.6 Å². The van der Waals surface area contributed by atoms with Crippen molar-refractivity contribution in [3.63, 3.8) is 0 Å². The van der Waals surface area contributed by atoms with Crippen molar-refractivity contribution in [1.82, 2.24) is 0 Å². The Morgan fingerprint density at radius 1 is 1.40 bits per heavy atom. The highest BCUT2D eigenvalue weighted by Gasteiger charge is 2.25. The summed E-state index contributed by atoms with van der Waals surface area (Å²) in [7, 11) is -3.10. The summed E-state index contributed by atoms with van der Waals surface area (Å²) in [6.07, 6.45) is 0.429. The fraction of sp³-hybridized carbons (Fsp3) is 0.300. The van der Waals surface area contributed by atoms with Gasteiger partial charge < -0.3 is 5.11 Å². The number of rotatable bonds is 2. The summed E-state index contributed by atoms with van der Waals surface area (Å²) in [6, 6.07) is 4.75. The van der Waals surface area contributed by atoms with Gasteiger partial charge in [0, 0.05) is 0 Å². The molecule has 0 fully saturated rings. The zero-order valence-corrected chi connectivity index (χ0v) is 8.75. The second-order valence-electron chi connectivity index (χ2n) is 3.58. The predicted molar refractivity (Wildman–Crippen MR) is 53.5 cm³/mol. The van der Waals surface area contributed by atoms with Crippen LogP contribution in [0.4, 0.5) is 0 Å². The van der Waals surface area contributed by atoms with E-state index in [2.05, 4.69) is 0 Å². The predicted octanol–water partition coefficient (Wildman–Crippen LogP) is 0.644. The summed E-state index contributed by atoms with van der Waals surface area (Å²) in [6.45, 7) is 0. The van der Waals surface area contributed by atoms with Crippen molar-refractivity contribution in [2.45, 2.75) is 17.7 Å². The maximum absolute atomic E-state index is 11.5. The first-order valence-corrected chi connectivity index (χ1v) is 6.20. The first-order chi connectivity index (χ1) is 6.99. The van der Waals surface area contributed by atoms with E-state index in [1.54, 1.807) is 12.1 Å². The molecule has 0 radical (unpaired) electrons. The van der Waals surface area contributed by atoms with Gasteiger partial charge in [0.2, 0.25) is 0 Å². The molecule has 0 bridgehead atoms. The summed E-state index contributed by atoms with van der Waals surface area (Å²) in [4.78, 5) is 10.8. The van der Waals surface area contributed by atoms with Crippen LogP contribution in [0.15, 0.2) is 23.1 Å². The summed E-state index contributed by atoms with van der Waals surface area (Å²) in [5, 5.41) is 8.60. The molecule has 2 rings (SSSR count). The second kappa shape index (κ2) is 3.34. The minimum Gasteiger partial charge on any atom is -0.481 e. The SMILES string of the molecule is O=C(O)Cc1ccc2c(c1)CCS2(=O)=O. The lowest BCUT2D eigenvalue weighted by atomic mass is 10.1. The van der Waals surface area contributed by atoms with E-state index in [1.165, 1.54) is 6.07 Å². The van der Waals surface area contributed by atoms with E-state index < -0.39 is 15.8 Å². The van der Waals surface area contributed by atoms with Crippen molar-refractivity contribution in [3.05, 3.63) is 29.3 Å². The minimum absolute atomic E-state index is 0.0622. The van der Waals surface area contributed by atoms with Crippen LogP contribution in [0.5, 0.6) is 0 Å². The zero-order valence-electron chi connectivity index (χ0n) is 7.93. The van der Waals surface area contributed by atoms with Gasteiger partial charge in [-0.1, -0.05) is 12.1 Å². The van der Waals surface area contributed by atoms with Gasteiger partial charge in [-0.15, -0.1) is 0 Å². The van der Waals surface area contributed by atoms with Gasteiger partial charge in [0.25, 0.3) is 0 Å². The Kier molecular flexibility index (Phi) is 2.26. The highest BCUT2D eigenvalue weighted by molar-refractivity contribution is 7.91. The summed E-state index contributed by atoms with van der Waals surface area (Å²) < 4.78 is 22.9. The number of carboxylic acids is 1. The van der Waals surface area contributed by atoms with Gasteiger partial charge in [0.05, 0.1) is 17.1 Å². The molecule has 0 saturated carbocycles. The molecule has 1 aliphatic heterocycles. The normalized spacial score (nSPS) is 17.3. The number of carbonyl (C=O) groups is 1. The summed E-state index contributed by atoms with van der Waals surface area (Å²) in [5.41, 5.74) is 1.40. The van der Waals surface area contributed by atoms with E-state index in [4.69, 9.17) is 5.11 Å². The number of aliphatic carboxylic acids is 1. The quantitative estimate of drug-likeness (QED) is 0.803. The molecule has 1 aliphatic rings. The van der Waals surface area contributed by atoms with E-state index in [1.807, 2.05) is 0 Å². The fourth-order valence-electron chi connectivity index (χ4n) is 1.77. The Bertz CT molecular complexity index is 516. The number of hydrogen-bond acceptors (Lipinski definition) is 3. The van der Waals surface area contributed by atoms with Crippen LogP contribution >= 0.6 is 0 Å². The molecular weight excluding hydrogens is 216 g/mol. The van der Waals surface area contributed by atoms with Gasteiger partial charge in [-0.2, -0.15) is 0 Å². The van der Waals surface area contributed by atoms with Crippen LogP contribution in [0.2, 0.25) is 0 Å². The third-order valence-corrected chi connectivity index (χ3v) is 4.27. The van der Waals surface area contributed by atoms with E-state index >= 15 is 0 Å². The van der Waals surface area contributed by atoms with Crippen molar-refractivity contribution < 1.29 is 18.3 Å². The molecule has 15 heavy (non-hydrogen) atoms. The monoisotopic (exact) mass is 226 g/mol. The van der Waals surface area contributed by atoms with E-state index in [0.29, 0.717) is 16.9 Å². The van der Waals surface area contributed by atoms with Crippen molar-refractivity contribution in [1.29, 1.82) is 0 Å². The van der Waals surface area contributed by atoms with Gasteiger partial charge in [-0.3, -0.25) is 4.79 Å². The first kappa shape index (κ1) is 10.2. The minimum atomic E-state index is -3.10. The molecule has 0 amide bonds. The highest BCUT2D eigenvalue weighted by atomic mass is 32.2. The van der Waals surface area contributed by atoms with Crippen molar-refractivity contribution in [2.24, 2.45) is 0 Å².